The molecule has 210 valence electrons. The molecule has 11 nitrogen and oxygen atoms in total. The lowest BCUT2D eigenvalue weighted by molar-refractivity contribution is -0.114. The molecule has 2 rings (SSSR count). The largest absolute Gasteiger partial charge is 0.453 e. The Hall–Kier alpha value is -3.37. The number of hydrogen-bond donors (Lipinski definition) is 2. The topological polar surface area (TPSA) is 144 Å². The number of rotatable bonds is 10. The summed E-state index contributed by atoms with van der Waals surface area (Å²) in [5.74, 6) is -0.603. The van der Waals surface area contributed by atoms with Crippen molar-refractivity contribution in [2.75, 3.05) is 18.6 Å². The van der Waals surface area contributed by atoms with Gasteiger partial charge < -0.3 is 18.5 Å². The number of nitrogens with zero attached hydrogens (tertiary/aromatic N) is 3. The summed E-state index contributed by atoms with van der Waals surface area (Å²) < 4.78 is 18.1. The van der Waals surface area contributed by atoms with E-state index in [2.05, 4.69) is 49.1 Å². The second-order valence-corrected chi connectivity index (χ2v) is 15.4. The molecule has 0 aliphatic carbocycles. The van der Waals surface area contributed by atoms with Gasteiger partial charge in [0.05, 0.1) is 28.9 Å². The fourth-order valence-corrected chi connectivity index (χ4v) is 4.36. The SMILES string of the molecule is CCOC(=O)NC(=O)C(C#N)=NNc1cc(Cl)c(Oc2ccc(=O)n(CCO[Si](C)(C)C(C)(C)C)c2)c(Cl)c1. The maximum absolute atomic E-state index is 12.4. The van der Waals surface area contributed by atoms with Crippen molar-refractivity contribution in [1.82, 2.24) is 9.88 Å². The molecule has 2 N–H and O–H groups in total. The molecule has 0 fully saturated rings. The van der Waals surface area contributed by atoms with Crippen molar-refractivity contribution in [3.05, 3.63) is 50.9 Å². The molecule has 14 heteroatoms. The van der Waals surface area contributed by atoms with Crippen LogP contribution >= 0.6 is 23.2 Å². The van der Waals surface area contributed by atoms with E-state index in [0.717, 1.165) is 0 Å². The van der Waals surface area contributed by atoms with Gasteiger partial charge in [-0.05, 0) is 43.3 Å². The van der Waals surface area contributed by atoms with Gasteiger partial charge in [-0.1, -0.05) is 44.0 Å². The zero-order valence-corrected chi connectivity index (χ0v) is 25.1. The van der Waals surface area contributed by atoms with Gasteiger partial charge >= 0.3 is 6.09 Å². The first-order valence-corrected chi connectivity index (χ1v) is 15.6. The second-order valence-electron chi connectivity index (χ2n) is 9.73. The van der Waals surface area contributed by atoms with E-state index in [4.69, 9.17) is 37.6 Å². The fourth-order valence-electron chi connectivity index (χ4n) is 2.77. The summed E-state index contributed by atoms with van der Waals surface area (Å²) in [5.41, 5.74) is 1.89. The van der Waals surface area contributed by atoms with Gasteiger partial charge in [0.25, 0.3) is 11.5 Å². The van der Waals surface area contributed by atoms with E-state index in [1.165, 1.54) is 28.8 Å². The van der Waals surface area contributed by atoms with Crippen molar-refractivity contribution in [2.24, 2.45) is 5.10 Å². The fraction of sp³-hybridized carbons (Fsp3) is 0.400. The van der Waals surface area contributed by atoms with E-state index in [1.54, 1.807) is 19.2 Å². The van der Waals surface area contributed by atoms with E-state index < -0.39 is 26.0 Å². The molecule has 2 amide bonds. The number of carbonyl (C=O) groups is 2. The Morgan fingerprint density at radius 3 is 2.38 bits per heavy atom. The molecule has 0 aliphatic heterocycles. The molecule has 0 aliphatic rings. The van der Waals surface area contributed by atoms with Crippen LogP contribution in [0.1, 0.15) is 27.7 Å². The molecule has 1 aromatic heterocycles. The van der Waals surface area contributed by atoms with Crippen LogP contribution in [-0.2, 0) is 20.5 Å². The van der Waals surface area contributed by atoms with Gasteiger partial charge in [-0.3, -0.25) is 20.3 Å². The number of benzene rings is 1. The smallest absolute Gasteiger partial charge is 0.414 e. The van der Waals surface area contributed by atoms with Crippen molar-refractivity contribution < 1.29 is 23.5 Å². The highest BCUT2D eigenvalue weighted by Gasteiger charge is 2.36. The molecule has 0 atom stereocenters. The monoisotopic (exact) mass is 595 g/mol. The quantitative estimate of drug-likeness (QED) is 0.207. The minimum atomic E-state index is -1.96. The molecule has 0 bridgehead atoms. The Labute approximate surface area is 237 Å². The summed E-state index contributed by atoms with van der Waals surface area (Å²) in [6.45, 7) is 13.1. The van der Waals surface area contributed by atoms with Gasteiger partial charge in [-0.25, -0.2) is 4.79 Å². The summed E-state index contributed by atoms with van der Waals surface area (Å²) in [4.78, 5) is 35.7. The summed E-state index contributed by atoms with van der Waals surface area (Å²) in [7, 11) is -1.96. The summed E-state index contributed by atoms with van der Waals surface area (Å²) in [6, 6.07) is 7.27. The molecule has 1 aromatic carbocycles. The third-order valence-electron chi connectivity index (χ3n) is 5.88. The van der Waals surface area contributed by atoms with E-state index in [0.29, 0.717) is 18.9 Å². The maximum Gasteiger partial charge on any atom is 0.414 e. The summed E-state index contributed by atoms with van der Waals surface area (Å²) >= 11 is 12.7. The van der Waals surface area contributed by atoms with Gasteiger partial charge in [-0.15, -0.1) is 0 Å². The van der Waals surface area contributed by atoms with Crippen LogP contribution in [0.2, 0.25) is 28.2 Å². The lowest BCUT2D eigenvalue weighted by Gasteiger charge is -2.36. The van der Waals surface area contributed by atoms with E-state index in [9.17, 15) is 14.4 Å². The number of anilines is 1. The summed E-state index contributed by atoms with van der Waals surface area (Å²) in [6.07, 6.45) is 0.537. The molecule has 2 aromatic rings. The highest BCUT2D eigenvalue weighted by atomic mass is 35.5. The lowest BCUT2D eigenvalue weighted by Crippen LogP contribution is -2.41. The molecule has 1 heterocycles. The molecule has 0 saturated carbocycles. The number of nitrogens with one attached hydrogen (secondary N) is 2. The number of imide groups is 1. The number of pyridine rings is 1. The molecular weight excluding hydrogens is 565 g/mol. The van der Waals surface area contributed by atoms with Crippen LogP contribution in [0.3, 0.4) is 0 Å². The molecule has 0 radical (unpaired) electrons. The predicted molar refractivity (Wildman–Crippen MR) is 152 cm³/mol. The normalized spacial score (nSPS) is 11.9. The average Bonchev–Trinajstić information content (AvgIpc) is 2.83. The first-order chi connectivity index (χ1) is 18.2. The number of halogens is 2. The van der Waals surface area contributed by atoms with E-state index in [-0.39, 0.29) is 38.7 Å². The maximum atomic E-state index is 12.4. The number of carbonyl (C=O) groups excluding carboxylic acids is 2. The predicted octanol–water partition coefficient (Wildman–Crippen LogP) is 5.53. The Bertz CT molecular complexity index is 1320. The van der Waals surface area contributed by atoms with Crippen LogP contribution in [0.4, 0.5) is 10.5 Å². The van der Waals surface area contributed by atoms with Crippen molar-refractivity contribution in [2.45, 2.75) is 52.4 Å². The first kappa shape index (κ1) is 31.8. The van der Waals surface area contributed by atoms with Crippen molar-refractivity contribution >= 4 is 54.9 Å². The van der Waals surface area contributed by atoms with Crippen LogP contribution in [0.15, 0.2) is 40.4 Å². The van der Waals surface area contributed by atoms with Gasteiger partial charge in [0.2, 0.25) is 5.71 Å². The first-order valence-electron chi connectivity index (χ1n) is 11.9. The van der Waals surface area contributed by atoms with Crippen molar-refractivity contribution in [1.29, 1.82) is 5.26 Å². The highest BCUT2D eigenvalue weighted by molar-refractivity contribution is 6.74. The van der Waals surface area contributed by atoms with Crippen molar-refractivity contribution in [3.8, 4) is 17.6 Å². The average molecular weight is 597 g/mol. The number of amides is 2. The van der Waals surface area contributed by atoms with Crippen LogP contribution < -0.4 is 21.0 Å². The molecule has 0 spiro atoms. The van der Waals surface area contributed by atoms with E-state index >= 15 is 0 Å². The summed E-state index contributed by atoms with van der Waals surface area (Å²) in [5, 5.41) is 15.0. The van der Waals surface area contributed by atoms with E-state index in [1.807, 2.05) is 5.32 Å². The Balaban J connectivity index is 2.14. The standard InChI is InChI=1S/C25H31Cl2N5O6Si/c1-7-36-24(35)29-23(34)20(14-28)31-30-16-12-18(26)22(19(27)13-16)38-17-8-9-21(33)32(15-17)10-11-37-39(5,6)25(2,3)4/h8-9,12-13,15,30H,7,10-11H2,1-6H3,(H,29,34,35). The lowest BCUT2D eigenvalue weighted by atomic mass is 10.2. The van der Waals surface area contributed by atoms with Crippen LogP contribution in [0.5, 0.6) is 11.5 Å². The van der Waals surface area contributed by atoms with Gasteiger partial charge in [0, 0.05) is 18.8 Å². The zero-order valence-electron chi connectivity index (χ0n) is 22.6. The molecule has 0 unspecified atom stereocenters. The Kier molecular flexibility index (Phi) is 11.1. The highest BCUT2D eigenvalue weighted by Crippen LogP contribution is 2.39. The number of alkyl carbamates (subject to hydrolysis) is 1. The number of nitriles is 1. The van der Waals surface area contributed by atoms with Gasteiger partial charge in [0.1, 0.15) is 11.8 Å². The second kappa shape index (κ2) is 13.6. The van der Waals surface area contributed by atoms with Crippen LogP contribution in [-0.4, -0.2) is 43.8 Å². The number of ether oxygens (including phenoxy) is 2. The Morgan fingerprint density at radius 2 is 1.82 bits per heavy atom. The van der Waals surface area contributed by atoms with Crippen LogP contribution in [0, 0.1) is 11.3 Å². The number of aromatic nitrogens is 1. The minimum Gasteiger partial charge on any atom is -0.453 e. The number of hydrazone groups is 1. The van der Waals surface area contributed by atoms with Gasteiger partial charge in [-0.2, -0.15) is 10.4 Å². The van der Waals surface area contributed by atoms with Gasteiger partial charge in [0.15, 0.2) is 14.1 Å². The molecular formula is C25H31Cl2N5O6Si. The van der Waals surface area contributed by atoms with Crippen molar-refractivity contribution in [3.63, 3.8) is 0 Å². The molecule has 0 saturated heterocycles. The molecule has 39 heavy (non-hydrogen) atoms. The number of hydrogen-bond acceptors (Lipinski definition) is 9. The Morgan fingerprint density at radius 1 is 1.18 bits per heavy atom. The third-order valence-corrected chi connectivity index (χ3v) is 11.0. The third kappa shape index (κ3) is 9.11. The zero-order chi connectivity index (χ0) is 29.4. The minimum absolute atomic E-state index is 0.0496. The van der Waals surface area contributed by atoms with Crippen LogP contribution in [0.25, 0.3) is 0 Å².